The minimum Gasteiger partial charge on any atom is -0.356 e. The van der Waals surface area contributed by atoms with Gasteiger partial charge in [-0.25, -0.2) is 0 Å². The number of anilines is 1. The average Bonchev–Trinajstić information content (AvgIpc) is 2.48. The van der Waals surface area contributed by atoms with Crippen LogP contribution in [0.25, 0.3) is 0 Å². The van der Waals surface area contributed by atoms with E-state index in [1.165, 1.54) is 16.7 Å². The van der Waals surface area contributed by atoms with Crippen molar-refractivity contribution in [2.45, 2.75) is 33.2 Å². The third-order valence-electron chi connectivity index (χ3n) is 3.59. The Morgan fingerprint density at radius 3 is 2.33 bits per heavy atom. The largest absolute Gasteiger partial charge is 0.356 e. The molecule has 0 aliphatic carbocycles. The van der Waals surface area contributed by atoms with E-state index in [9.17, 15) is 0 Å². The molecule has 0 aliphatic rings. The molecule has 0 saturated carbocycles. The molecule has 2 aromatic carbocycles. The molecule has 0 spiro atoms. The van der Waals surface area contributed by atoms with Crippen molar-refractivity contribution in [2.24, 2.45) is 0 Å². The fourth-order valence-electron chi connectivity index (χ4n) is 2.25. The molecule has 0 fully saturated rings. The summed E-state index contributed by atoms with van der Waals surface area (Å²) in [6, 6.07) is 17.0. The third kappa shape index (κ3) is 4.30. The van der Waals surface area contributed by atoms with Gasteiger partial charge in [0, 0.05) is 5.69 Å². The van der Waals surface area contributed by atoms with Crippen LogP contribution in [0.2, 0.25) is 0 Å². The number of hydrogen-bond donors (Lipinski definition) is 2. The highest BCUT2D eigenvalue weighted by atomic mass is 32.1. The molecule has 2 nitrogen and oxygen atoms in total. The number of thiocarbonyl (C=S) groups is 1. The lowest BCUT2D eigenvalue weighted by molar-refractivity contribution is 0.629. The second kappa shape index (κ2) is 7.23. The van der Waals surface area contributed by atoms with Crippen LogP contribution < -0.4 is 10.6 Å². The Kier molecular flexibility index (Phi) is 5.34. The van der Waals surface area contributed by atoms with Crippen LogP contribution in [0.3, 0.4) is 0 Å². The van der Waals surface area contributed by atoms with Crippen molar-refractivity contribution in [1.29, 1.82) is 0 Å². The van der Waals surface area contributed by atoms with Crippen molar-refractivity contribution in [3.8, 4) is 0 Å². The van der Waals surface area contributed by atoms with E-state index >= 15 is 0 Å². The molecule has 0 aliphatic heterocycles. The summed E-state index contributed by atoms with van der Waals surface area (Å²) in [6.45, 7) is 6.33. The predicted molar refractivity (Wildman–Crippen MR) is 94.7 cm³/mol. The van der Waals surface area contributed by atoms with Gasteiger partial charge in [0.2, 0.25) is 0 Å². The number of aryl methyl sites for hydroxylation is 2. The van der Waals surface area contributed by atoms with E-state index in [2.05, 4.69) is 61.7 Å². The number of rotatable bonds is 4. The molecule has 2 rings (SSSR count). The van der Waals surface area contributed by atoms with Gasteiger partial charge in [-0.1, -0.05) is 55.0 Å². The van der Waals surface area contributed by atoms with Crippen LogP contribution in [0.4, 0.5) is 5.69 Å². The first-order valence-corrected chi connectivity index (χ1v) is 7.70. The zero-order valence-electron chi connectivity index (χ0n) is 12.8. The smallest absolute Gasteiger partial charge is 0.171 e. The van der Waals surface area contributed by atoms with Crippen LogP contribution in [-0.4, -0.2) is 5.11 Å². The van der Waals surface area contributed by atoms with Gasteiger partial charge in [0.1, 0.15) is 0 Å². The van der Waals surface area contributed by atoms with E-state index in [0.717, 1.165) is 12.1 Å². The van der Waals surface area contributed by atoms with Gasteiger partial charge in [-0.15, -0.1) is 0 Å². The summed E-state index contributed by atoms with van der Waals surface area (Å²) in [6.07, 6.45) is 0.985. The van der Waals surface area contributed by atoms with E-state index < -0.39 is 0 Å². The molecule has 3 heteroatoms. The van der Waals surface area contributed by atoms with Gasteiger partial charge in [-0.3, -0.25) is 0 Å². The zero-order valence-corrected chi connectivity index (χ0v) is 13.6. The predicted octanol–water partition coefficient (Wildman–Crippen LogP) is 4.74. The second-order valence-corrected chi connectivity index (χ2v) is 5.69. The van der Waals surface area contributed by atoms with Crippen molar-refractivity contribution >= 4 is 23.0 Å². The van der Waals surface area contributed by atoms with E-state index in [4.69, 9.17) is 12.2 Å². The van der Waals surface area contributed by atoms with Gasteiger partial charge in [0.05, 0.1) is 6.04 Å². The molecule has 0 unspecified atom stereocenters. The summed E-state index contributed by atoms with van der Waals surface area (Å²) in [5.41, 5.74) is 4.77. The van der Waals surface area contributed by atoms with Gasteiger partial charge >= 0.3 is 0 Å². The van der Waals surface area contributed by atoms with Crippen LogP contribution >= 0.6 is 12.2 Å². The highest BCUT2D eigenvalue weighted by Crippen LogP contribution is 2.18. The normalized spacial score (nSPS) is 11.8. The second-order valence-electron chi connectivity index (χ2n) is 5.28. The Morgan fingerprint density at radius 1 is 1.05 bits per heavy atom. The number of hydrogen-bond acceptors (Lipinski definition) is 1. The Bertz CT molecular complexity index is 605. The zero-order chi connectivity index (χ0) is 15.2. The number of para-hydroxylation sites is 1. The monoisotopic (exact) mass is 298 g/mol. The maximum atomic E-state index is 5.44. The standard InChI is InChI=1S/C18H22N2S/c1-4-16(15-11-9-13(2)10-12-15)19-18(21)20-17-8-6-5-7-14(17)3/h5-12,16H,4H2,1-3H3,(H2,19,20,21)/t16-/m1/s1. The quantitative estimate of drug-likeness (QED) is 0.797. The Balaban J connectivity index is 2.03. The third-order valence-corrected chi connectivity index (χ3v) is 3.81. The summed E-state index contributed by atoms with van der Waals surface area (Å²) < 4.78 is 0. The first-order valence-electron chi connectivity index (χ1n) is 7.30. The van der Waals surface area contributed by atoms with Crippen molar-refractivity contribution in [3.63, 3.8) is 0 Å². The van der Waals surface area contributed by atoms with Crippen molar-refractivity contribution in [3.05, 3.63) is 65.2 Å². The molecule has 0 heterocycles. The fraction of sp³-hybridized carbons (Fsp3) is 0.278. The van der Waals surface area contributed by atoms with Gasteiger partial charge in [0.15, 0.2) is 5.11 Å². The maximum Gasteiger partial charge on any atom is 0.171 e. The number of benzene rings is 2. The van der Waals surface area contributed by atoms with E-state index in [-0.39, 0.29) is 6.04 Å². The first kappa shape index (κ1) is 15.5. The summed E-state index contributed by atoms with van der Waals surface area (Å²) in [4.78, 5) is 0. The van der Waals surface area contributed by atoms with Crippen LogP contribution in [0.1, 0.15) is 36.1 Å². The summed E-state index contributed by atoms with van der Waals surface area (Å²) in [5, 5.41) is 7.34. The first-order chi connectivity index (χ1) is 10.1. The minimum absolute atomic E-state index is 0.231. The van der Waals surface area contributed by atoms with Crippen LogP contribution in [0, 0.1) is 13.8 Å². The van der Waals surface area contributed by atoms with Gasteiger partial charge in [0.25, 0.3) is 0 Å². The van der Waals surface area contributed by atoms with Crippen LogP contribution in [0.5, 0.6) is 0 Å². The van der Waals surface area contributed by atoms with Crippen LogP contribution in [0.15, 0.2) is 48.5 Å². The highest BCUT2D eigenvalue weighted by molar-refractivity contribution is 7.80. The van der Waals surface area contributed by atoms with Crippen molar-refractivity contribution < 1.29 is 0 Å². The highest BCUT2D eigenvalue weighted by Gasteiger charge is 2.10. The van der Waals surface area contributed by atoms with E-state index in [0.29, 0.717) is 5.11 Å². The number of nitrogens with one attached hydrogen (secondary N) is 2. The van der Waals surface area contributed by atoms with E-state index in [1.807, 2.05) is 18.2 Å². The Morgan fingerprint density at radius 2 is 1.71 bits per heavy atom. The fourth-order valence-corrected chi connectivity index (χ4v) is 2.50. The summed E-state index contributed by atoms with van der Waals surface area (Å²) in [7, 11) is 0. The molecular formula is C18H22N2S. The summed E-state index contributed by atoms with van der Waals surface area (Å²) >= 11 is 5.44. The Hall–Kier alpha value is -1.87. The van der Waals surface area contributed by atoms with Crippen LogP contribution in [-0.2, 0) is 0 Å². The molecule has 0 amide bonds. The lowest BCUT2D eigenvalue weighted by Crippen LogP contribution is -2.32. The summed E-state index contributed by atoms with van der Waals surface area (Å²) in [5.74, 6) is 0. The molecule has 0 bridgehead atoms. The molecule has 2 N–H and O–H groups in total. The minimum atomic E-state index is 0.231. The molecule has 21 heavy (non-hydrogen) atoms. The maximum absolute atomic E-state index is 5.44. The lowest BCUT2D eigenvalue weighted by atomic mass is 10.0. The Labute approximate surface area is 132 Å². The SMILES string of the molecule is CC[C@@H](NC(=S)Nc1ccccc1C)c1ccc(C)cc1. The molecule has 110 valence electrons. The molecule has 0 radical (unpaired) electrons. The van der Waals surface area contributed by atoms with Crippen molar-refractivity contribution in [1.82, 2.24) is 5.32 Å². The topological polar surface area (TPSA) is 24.1 Å². The average molecular weight is 298 g/mol. The molecule has 2 aromatic rings. The molecule has 0 aromatic heterocycles. The molecule has 0 saturated heterocycles. The van der Waals surface area contributed by atoms with Gasteiger partial charge in [-0.2, -0.15) is 0 Å². The lowest BCUT2D eigenvalue weighted by Gasteiger charge is -2.20. The molecular weight excluding hydrogens is 276 g/mol. The van der Waals surface area contributed by atoms with Gasteiger partial charge in [-0.05, 0) is 49.7 Å². The van der Waals surface area contributed by atoms with E-state index in [1.54, 1.807) is 0 Å². The van der Waals surface area contributed by atoms with Crippen molar-refractivity contribution in [2.75, 3.05) is 5.32 Å². The molecule has 1 atom stereocenters. The van der Waals surface area contributed by atoms with Gasteiger partial charge < -0.3 is 10.6 Å².